The average molecular weight is 235 g/mol. The van der Waals surface area contributed by atoms with E-state index in [2.05, 4.69) is 22.4 Å². The van der Waals surface area contributed by atoms with Crippen LogP contribution in [0.3, 0.4) is 0 Å². The Morgan fingerprint density at radius 3 is 2.88 bits per heavy atom. The molecule has 2 fully saturated rings. The van der Waals surface area contributed by atoms with Gasteiger partial charge in [-0.1, -0.05) is 12.2 Å². The molecule has 0 amide bonds. The second-order valence-corrected chi connectivity index (χ2v) is 6.05. The molecule has 96 valence electrons. The molecule has 3 nitrogen and oxygen atoms in total. The molecule has 0 bridgehead atoms. The minimum atomic E-state index is 0.224. The third kappa shape index (κ3) is 2.28. The van der Waals surface area contributed by atoms with Crippen molar-refractivity contribution in [1.29, 1.82) is 0 Å². The first kappa shape index (κ1) is 11.7. The molecule has 0 radical (unpaired) electrons. The van der Waals surface area contributed by atoms with Crippen LogP contribution in [-0.4, -0.2) is 42.2 Å². The number of rotatable bonds is 3. The Hall–Kier alpha value is -0.380. The first-order valence-electron chi connectivity index (χ1n) is 7.18. The fourth-order valence-corrected chi connectivity index (χ4v) is 3.87. The van der Waals surface area contributed by atoms with Gasteiger partial charge in [0, 0.05) is 30.7 Å². The van der Waals surface area contributed by atoms with Gasteiger partial charge in [-0.3, -0.25) is 0 Å². The Morgan fingerprint density at radius 1 is 1.29 bits per heavy atom. The van der Waals surface area contributed by atoms with Crippen molar-refractivity contribution in [3.8, 4) is 0 Å². The zero-order valence-electron chi connectivity index (χ0n) is 10.7. The summed E-state index contributed by atoms with van der Waals surface area (Å²) in [7, 11) is 0. The molecule has 3 aliphatic rings. The van der Waals surface area contributed by atoms with Gasteiger partial charge in [-0.15, -0.1) is 0 Å². The maximum atomic E-state index is 6.10. The maximum Gasteiger partial charge on any atom is 0.0333 e. The molecule has 0 saturated carbocycles. The highest BCUT2D eigenvalue weighted by molar-refractivity contribution is 5.05. The number of piperidine rings is 1. The molecule has 3 N–H and O–H groups in total. The minimum Gasteiger partial charge on any atom is -0.329 e. The van der Waals surface area contributed by atoms with Crippen molar-refractivity contribution in [2.75, 3.05) is 19.6 Å². The summed E-state index contributed by atoms with van der Waals surface area (Å²) in [5, 5.41) is 3.88. The predicted molar refractivity (Wildman–Crippen MR) is 70.9 cm³/mol. The third-order valence-corrected chi connectivity index (χ3v) is 4.91. The van der Waals surface area contributed by atoms with E-state index < -0.39 is 0 Å². The molecule has 3 heteroatoms. The van der Waals surface area contributed by atoms with Crippen molar-refractivity contribution in [1.82, 2.24) is 10.2 Å². The van der Waals surface area contributed by atoms with Crippen LogP contribution in [0.25, 0.3) is 0 Å². The van der Waals surface area contributed by atoms with Crippen molar-refractivity contribution >= 4 is 0 Å². The van der Waals surface area contributed by atoms with Crippen molar-refractivity contribution in [2.24, 2.45) is 5.73 Å². The van der Waals surface area contributed by atoms with E-state index in [-0.39, 0.29) is 5.54 Å². The van der Waals surface area contributed by atoms with E-state index in [1.807, 2.05) is 0 Å². The van der Waals surface area contributed by atoms with Gasteiger partial charge in [0.05, 0.1) is 0 Å². The Bertz CT molecular complexity index is 290. The molecule has 0 aromatic carbocycles. The number of nitrogens with zero attached hydrogens (tertiary/aromatic N) is 1. The quantitative estimate of drug-likeness (QED) is 0.723. The van der Waals surface area contributed by atoms with Crippen LogP contribution >= 0.6 is 0 Å². The van der Waals surface area contributed by atoms with Crippen molar-refractivity contribution < 1.29 is 0 Å². The lowest BCUT2D eigenvalue weighted by Gasteiger charge is -2.45. The molecule has 0 aromatic rings. The fourth-order valence-electron chi connectivity index (χ4n) is 3.87. The van der Waals surface area contributed by atoms with Crippen LogP contribution in [-0.2, 0) is 0 Å². The van der Waals surface area contributed by atoms with E-state index in [9.17, 15) is 0 Å². The van der Waals surface area contributed by atoms with E-state index in [0.717, 1.165) is 12.6 Å². The van der Waals surface area contributed by atoms with E-state index in [1.165, 1.54) is 51.6 Å². The largest absolute Gasteiger partial charge is 0.329 e. The molecular weight excluding hydrogens is 210 g/mol. The lowest BCUT2D eigenvalue weighted by Crippen LogP contribution is -2.61. The van der Waals surface area contributed by atoms with Crippen molar-refractivity contribution in [2.45, 2.75) is 56.1 Å². The molecule has 2 saturated heterocycles. The summed E-state index contributed by atoms with van der Waals surface area (Å²) in [6.45, 7) is 3.36. The molecule has 2 unspecified atom stereocenters. The van der Waals surface area contributed by atoms with E-state index >= 15 is 0 Å². The van der Waals surface area contributed by atoms with Gasteiger partial charge in [0.25, 0.3) is 0 Å². The smallest absolute Gasteiger partial charge is 0.0333 e. The molecule has 2 heterocycles. The lowest BCUT2D eigenvalue weighted by molar-refractivity contribution is 0.103. The molecule has 0 spiro atoms. The summed E-state index contributed by atoms with van der Waals surface area (Å²) in [6.07, 6.45) is 12.2. The zero-order chi connectivity index (χ0) is 11.7. The number of hydrogen-bond acceptors (Lipinski definition) is 3. The van der Waals surface area contributed by atoms with Gasteiger partial charge in [-0.25, -0.2) is 0 Å². The van der Waals surface area contributed by atoms with Crippen LogP contribution in [0.2, 0.25) is 0 Å². The van der Waals surface area contributed by atoms with Gasteiger partial charge in [0.15, 0.2) is 0 Å². The molecule has 0 aromatic heterocycles. The summed E-state index contributed by atoms with van der Waals surface area (Å²) < 4.78 is 0. The summed E-state index contributed by atoms with van der Waals surface area (Å²) in [5.74, 6) is 0. The maximum absolute atomic E-state index is 6.10. The first-order chi connectivity index (χ1) is 8.31. The Labute approximate surface area is 104 Å². The van der Waals surface area contributed by atoms with Crippen LogP contribution in [0, 0.1) is 0 Å². The lowest BCUT2D eigenvalue weighted by atomic mass is 9.82. The fraction of sp³-hybridized carbons (Fsp3) is 0.857. The minimum absolute atomic E-state index is 0.224. The van der Waals surface area contributed by atoms with E-state index in [1.54, 1.807) is 0 Å². The van der Waals surface area contributed by atoms with Crippen molar-refractivity contribution in [3.63, 3.8) is 0 Å². The number of fused-ring (bicyclic) bond motifs is 1. The SMILES string of the molecule is NCC1(NC2CC=CC2)CCN2CCCC2C1. The van der Waals surface area contributed by atoms with Crippen LogP contribution in [0.5, 0.6) is 0 Å². The Kier molecular flexibility index (Phi) is 3.24. The third-order valence-electron chi connectivity index (χ3n) is 4.91. The van der Waals surface area contributed by atoms with Gasteiger partial charge in [-0.2, -0.15) is 0 Å². The highest BCUT2D eigenvalue weighted by Crippen LogP contribution is 2.33. The number of nitrogens with one attached hydrogen (secondary N) is 1. The zero-order valence-corrected chi connectivity index (χ0v) is 10.7. The van der Waals surface area contributed by atoms with Gasteiger partial charge in [0.1, 0.15) is 0 Å². The highest BCUT2D eigenvalue weighted by atomic mass is 15.2. The van der Waals surface area contributed by atoms with Gasteiger partial charge < -0.3 is 16.0 Å². The summed E-state index contributed by atoms with van der Waals surface area (Å²) in [4.78, 5) is 2.67. The van der Waals surface area contributed by atoms with Crippen LogP contribution in [0.4, 0.5) is 0 Å². The Balaban J connectivity index is 1.65. The molecule has 3 rings (SSSR count). The van der Waals surface area contributed by atoms with Gasteiger partial charge >= 0.3 is 0 Å². The van der Waals surface area contributed by atoms with Crippen molar-refractivity contribution in [3.05, 3.63) is 12.2 Å². The van der Waals surface area contributed by atoms with Crippen LogP contribution in [0.15, 0.2) is 12.2 Å². The monoisotopic (exact) mass is 235 g/mol. The summed E-state index contributed by atoms with van der Waals surface area (Å²) >= 11 is 0. The average Bonchev–Trinajstić information content (AvgIpc) is 2.99. The normalized spacial score (nSPS) is 38.8. The predicted octanol–water partition coefficient (Wildman–Crippen LogP) is 1.25. The molecule has 2 aliphatic heterocycles. The summed E-state index contributed by atoms with van der Waals surface area (Å²) in [5.41, 5.74) is 6.32. The second kappa shape index (κ2) is 4.71. The molecule has 1 aliphatic carbocycles. The molecule has 17 heavy (non-hydrogen) atoms. The topological polar surface area (TPSA) is 41.3 Å². The van der Waals surface area contributed by atoms with Gasteiger partial charge in [-0.05, 0) is 45.1 Å². The standard InChI is InChI=1S/C14H25N3/c15-11-14(16-12-4-1-2-5-12)7-9-17-8-3-6-13(17)10-14/h1-2,12-13,16H,3-11,15H2. The van der Waals surface area contributed by atoms with Crippen LogP contribution < -0.4 is 11.1 Å². The number of hydrogen-bond donors (Lipinski definition) is 2. The highest BCUT2D eigenvalue weighted by Gasteiger charge is 2.41. The van der Waals surface area contributed by atoms with Gasteiger partial charge in [0.2, 0.25) is 0 Å². The van der Waals surface area contributed by atoms with E-state index in [0.29, 0.717) is 6.04 Å². The molecule has 2 atom stereocenters. The summed E-state index contributed by atoms with van der Waals surface area (Å²) in [6, 6.07) is 1.45. The van der Waals surface area contributed by atoms with E-state index in [4.69, 9.17) is 5.73 Å². The second-order valence-electron chi connectivity index (χ2n) is 6.05. The molecular formula is C14H25N3. The Morgan fingerprint density at radius 2 is 2.12 bits per heavy atom. The van der Waals surface area contributed by atoms with Crippen LogP contribution in [0.1, 0.15) is 38.5 Å². The number of nitrogens with two attached hydrogens (primary N) is 1. The first-order valence-corrected chi connectivity index (χ1v) is 7.18.